The van der Waals surface area contributed by atoms with Gasteiger partial charge in [-0.25, -0.2) is 0 Å². The number of carbonyl (C=O) groups excluding carboxylic acids is 1. The number of aryl methyl sites for hydroxylation is 1. The van der Waals surface area contributed by atoms with E-state index < -0.39 is 11.9 Å². The molecule has 0 bridgehead atoms. The van der Waals surface area contributed by atoms with Crippen molar-refractivity contribution >= 4 is 18.0 Å². The zero-order chi connectivity index (χ0) is 14.5. The SMILES string of the molecule is Cc1ccc(C=CC(=O)NC2C=CC(C(=O)O)C2)cc1. The van der Waals surface area contributed by atoms with Crippen molar-refractivity contribution in [3.8, 4) is 0 Å². The largest absolute Gasteiger partial charge is 0.481 e. The molecule has 2 unspecified atom stereocenters. The summed E-state index contributed by atoms with van der Waals surface area (Å²) in [5.74, 6) is -1.57. The van der Waals surface area contributed by atoms with E-state index in [0.29, 0.717) is 6.42 Å². The van der Waals surface area contributed by atoms with Crippen molar-refractivity contribution in [2.24, 2.45) is 5.92 Å². The van der Waals surface area contributed by atoms with Crippen LogP contribution in [0.2, 0.25) is 0 Å². The van der Waals surface area contributed by atoms with Gasteiger partial charge in [0.1, 0.15) is 0 Å². The summed E-state index contributed by atoms with van der Waals surface area (Å²) >= 11 is 0. The molecule has 1 aliphatic rings. The molecule has 0 spiro atoms. The first-order chi connectivity index (χ1) is 9.54. The van der Waals surface area contributed by atoms with Crippen molar-refractivity contribution in [2.75, 3.05) is 0 Å². The van der Waals surface area contributed by atoms with E-state index in [4.69, 9.17) is 5.11 Å². The van der Waals surface area contributed by atoms with E-state index in [0.717, 1.165) is 5.56 Å². The van der Waals surface area contributed by atoms with E-state index in [1.165, 1.54) is 11.6 Å². The highest BCUT2D eigenvalue weighted by Gasteiger charge is 2.24. The van der Waals surface area contributed by atoms with Crippen LogP contribution in [0, 0.1) is 12.8 Å². The van der Waals surface area contributed by atoms with Crippen LogP contribution in [-0.2, 0) is 9.59 Å². The number of hydrogen-bond donors (Lipinski definition) is 2. The lowest BCUT2D eigenvalue weighted by Gasteiger charge is -2.10. The first-order valence-electron chi connectivity index (χ1n) is 6.51. The van der Waals surface area contributed by atoms with Gasteiger partial charge < -0.3 is 10.4 Å². The molecule has 2 rings (SSSR count). The lowest BCUT2D eigenvalue weighted by molar-refractivity contribution is -0.140. The molecule has 4 nitrogen and oxygen atoms in total. The molecule has 0 radical (unpaired) electrons. The fraction of sp³-hybridized carbons (Fsp3) is 0.250. The Morgan fingerprint density at radius 2 is 1.95 bits per heavy atom. The number of carboxylic acid groups (broad SMARTS) is 1. The van der Waals surface area contributed by atoms with Gasteiger partial charge in [0.15, 0.2) is 0 Å². The second-order valence-electron chi connectivity index (χ2n) is 4.92. The summed E-state index contributed by atoms with van der Waals surface area (Å²) in [5.41, 5.74) is 2.12. The number of amides is 1. The second kappa shape index (κ2) is 6.19. The van der Waals surface area contributed by atoms with E-state index in [9.17, 15) is 9.59 Å². The summed E-state index contributed by atoms with van der Waals surface area (Å²) in [6.07, 6.45) is 6.97. The smallest absolute Gasteiger partial charge is 0.310 e. The minimum atomic E-state index is -0.854. The van der Waals surface area contributed by atoms with Crippen LogP contribution in [0.4, 0.5) is 0 Å². The summed E-state index contributed by atoms with van der Waals surface area (Å²) in [6.45, 7) is 2.01. The van der Waals surface area contributed by atoms with Crippen molar-refractivity contribution in [3.63, 3.8) is 0 Å². The zero-order valence-corrected chi connectivity index (χ0v) is 11.2. The second-order valence-corrected chi connectivity index (χ2v) is 4.92. The van der Waals surface area contributed by atoms with Gasteiger partial charge in [0, 0.05) is 12.1 Å². The topological polar surface area (TPSA) is 66.4 Å². The molecule has 0 saturated heterocycles. The molecule has 104 valence electrons. The molecular weight excluding hydrogens is 254 g/mol. The third-order valence-electron chi connectivity index (χ3n) is 3.23. The molecule has 20 heavy (non-hydrogen) atoms. The summed E-state index contributed by atoms with van der Waals surface area (Å²) < 4.78 is 0. The lowest BCUT2D eigenvalue weighted by Crippen LogP contribution is -2.31. The fourth-order valence-corrected chi connectivity index (χ4v) is 2.07. The Bertz CT molecular complexity index is 558. The van der Waals surface area contributed by atoms with Crippen LogP contribution in [0.5, 0.6) is 0 Å². The number of aliphatic carboxylic acids is 1. The summed E-state index contributed by atoms with van der Waals surface area (Å²) in [5, 5.41) is 11.6. The lowest BCUT2D eigenvalue weighted by atomic mass is 10.1. The Morgan fingerprint density at radius 3 is 2.55 bits per heavy atom. The molecule has 0 heterocycles. The van der Waals surface area contributed by atoms with Gasteiger partial charge in [-0.1, -0.05) is 42.0 Å². The maximum absolute atomic E-state index is 11.7. The Morgan fingerprint density at radius 1 is 1.25 bits per heavy atom. The van der Waals surface area contributed by atoms with Crippen LogP contribution >= 0.6 is 0 Å². The predicted octanol–water partition coefficient (Wildman–Crippen LogP) is 2.15. The van der Waals surface area contributed by atoms with Gasteiger partial charge in [0.25, 0.3) is 0 Å². The van der Waals surface area contributed by atoms with Crippen molar-refractivity contribution in [1.82, 2.24) is 5.32 Å². The summed E-state index contributed by atoms with van der Waals surface area (Å²) in [7, 11) is 0. The molecule has 1 amide bonds. The highest BCUT2D eigenvalue weighted by molar-refractivity contribution is 5.92. The van der Waals surface area contributed by atoms with Gasteiger partial charge in [-0.05, 0) is 25.0 Å². The standard InChI is InChI=1S/C16H17NO3/c1-11-2-4-12(5-3-11)6-9-15(18)17-14-8-7-13(10-14)16(19)20/h2-9,13-14H,10H2,1H3,(H,17,18)(H,19,20). The van der Waals surface area contributed by atoms with E-state index in [2.05, 4.69) is 5.32 Å². The molecule has 0 aromatic heterocycles. The molecule has 0 saturated carbocycles. The third kappa shape index (κ3) is 3.82. The van der Waals surface area contributed by atoms with Crippen molar-refractivity contribution in [3.05, 3.63) is 53.6 Å². The van der Waals surface area contributed by atoms with Crippen LogP contribution in [0.15, 0.2) is 42.5 Å². The molecule has 0 fully saturated rings. The molecule has 1 aromatic carbocycles. The highest BCUT2D eigenvalue weighted by atomic mass is 16.4. The molecular formula is C16H17NO3. The van der Waals surface area contributed by atoms with E-state index >= 15 is 0 Å². The fourth-order valence-electron chi connectivity index (χ4n) is 2.07. The van der Waals surface area contributed by atoms with Gasteiger partial charge >= 0.3 is 5.97 Å². The quantitative estimate of drug-likeness (QED) is 0.651. The van der Waals surface area contributed by atoms with E-state index in [1.807, 2.05) is 31.2 Å². The number of nitrogens with one attached hydrogen (secondary N) is 1. The molecule has 0 aliphatic heterocycles. The predicted molar refractivity (Wildman–Crippen MR) is 77.0 cm³/mol. The minimum absolute atomic E-state index is 0.203. The number of hydrogen-bond acceptors (Lipinski definition) is 2. The molecule has 4 heteroatoms. The van der Waals surface area contributed by atoms with Crippen LogP contribution in [-0.4, -0.2) is 23.0 Å². The monoisotopic (exact) mass is 271 g/mol. The number of benzene rings is 1. The third-order valence-corrected chi connectivity index (χ3v) is 3.23. The van der Waals surface area contributed by atoms with Gasteiger partial charge in [-0.2, -0.15) is 0 Å². The Labute approximate surface area is 117 Å². The van der Waals surface area contributed by atoms with Gasteiger partial charge in [-0.15, -0.1) is 0 Å². The van der Waals surface area contributed by atoms with Crippen molar-refractivity contribution in [2.45, 2.75) is 19.4 Å². The minimum Gasteiger partial charge on any atom is -0.481 e. The number of carboxylic acids is 1. The van der Waals surface area contributed by atoms with Crippen LogP contribution in [0.1, 0.15) is 17.5 Å². The van der Waals surface area contributed by atoms with Gasteiger partial charge in [0.2, 0.25) is 5.91 Å². The highest BCUT2D eigenvalue weighted by Crippen LogP contribution is 2.17. The normalized spacial score (nSPS) is 21.2. The maximum atomic E-state index is 11.7. The van der Waals surface area contributed by atoms with Crippen LogP contribution in [0.3, 0.4) is 0 Å². The van der Waals surface area contributed by atoms with E-state index in [-0.39, 0.29) is 11.9 Å². The van der Waals surface area contributed by atoms with Gasteiger partial charge in [-0.3, -0.25) is 9.59 Å². The average molecular weight is 271 g/mol. The van der Waals surface area contributed by atoms with Crippen LogP contribution < -0.4 is 5.32 Å². The Hall–Kier alpha value is -2.36. The Balaban J connectivity index is 1.86. The first-order valence-corrected chi connectivity index (χ1v) is 6.51. The summed E-state index contributed by atoms with van der Waals surface area (Å²) in [6, 6.07) is 7.64. The molecule has 1 aliphatic carbocycles. The average Bonchev–Trinajstić information content (AvgIpc) is 2.87. The molecule has 1 aromatic rings. The van der Waals surface area contributed by atoms with Crippen molar-refractivity contribution in [1.29, 1.82) is 0 Å². The molecule has 2 N–H and O–H groups in total. The number of carbonyl (C=O) groups is 2. The van der Waals surface area contributed by atoms with Crippen molar-refractivity contribution < 1.29 is 14.7 Å². The van der Waals surface area contributed by atoms with Crippen LogP contribution in [0.25, 0.3) is 6.08 Å². The van der Waals surface area contributed by atoms with Gasteiger partial charge in [0.05, 0.1) is 5.92 Å². The number of rotatable bonds is 4. The van der Waals surface area contributed by atoms with E-state index in [1.54, 1.807) is 18.2 Å². The first kappa shape index (κ1) is 14.1. The zero-order valence-electron chi connectivity index (χ0n) is 11.2. The summed E-state index contributed by atoms with van der Waals surface area (Å²) in [4.78, 5) is 22.5. The Kier molecular flexibility index (Phi) is 4.35. The maximum Gasteiger partial charge on any atom is 0.310 e. The molecule has 2 atom stereocenters.